The molecule has 1 N–H and O–H groups in total. The highest BCUT2D eigenvalue weighted by atomic mass is 19.1. The van der Waals surface area contributed by atoms with Crippen molar-refractivity contribution in [1.82, 2.24) is 5.32 Å². The Morgan fingerprint density at radius 2 is 2.00 bits per heavy atom. The highest BCUT2D eigenvalue weighted by Crippen LogP contribution is 2.04. The lowest BCUT2D eigenvalue weighted by Gasteiger charge is -2.17. The van der Waals surface area contributed by atoms with E-state index in [-0.39, 0.29) is 5.82 Å². The third-order valence-corrected chi connectivity index (χ3v) is 2.77. The predicted octanol–water partition coefficient (Wildman–Crippen LogP) is 3.00. The smallest absolute Gasteiger partial charge is 0.123 e. The van der Waals surface area contributed by atoms with Gasteiger partial charge in [0, 0.05) is 6.04 Å². The highest BCUT2D eigenvalue weighted by molar-refractivity contribution is 5.16. The van der Waals surface area contributed by atoms with E-state index in [0.29, 0.717) is 12.0 Å². The van der Waals surface area contributed by atoms with Crippen molar-refractivity contribution in [3.8, 4) is 0 Å². The van der Waals surface area contributed by atoms with Gasteiger partial charge in [-0.15, -0.1) is 0 Å². The van der Waals surface area contributed by atoms with Gasteiger partial charge in [0.2, 0.25) is 0 Å². The molecular formula is C13H20FN. The molecule has 1 aromatic rings. The van der Waals surface area contributed by atoms with E-state index < -0.39 is 0 Å². The van der Waals surface area contributed by atoms with Crippen molar-refractivity contribution >= 4 is 0 Å². The largest absolute Gasteiger partial charge is 0.314 e. The molecule has 0 radical (unpaired) electrons. The molecule has 84 valence electrons. The molecule has 1 aromatic carbocycles. The maximum atomic E-state index is 12.9. The van der Waals surface area contributed by atoms with Crippen molar-refractivity contribution < 1.29 is 4.39 Å². The Morgan fingerprint density at radius 1 is 1.27 bits per heavy atom. The Kier molecular flexibility index (Phi) is 4.76. The van der Waals surface area contributed by atoms with Crippen LogP contribution in [0.1, 0.15) is 26.3 Å². The van der Waals surface area contributed by atoms with E-state index in [1.165, 1.54) is 6.07 Å². The number of halogens is 1. The number of nitrogens with one attached hydrogen (secondary N) is 1. The summed E-state index contributed by atoms with van der Waals surface area (Å²) in [6, 6.07) is 7.31. The van der Waals surface area contributed by atoms with Gasteiger partial charge in [0.05, 0.1) is 0 Å². The first-order valence-electron chi connectivity index (χ1n) is 5.57. The quantitative estimate of drug-likeness (QED) is 0.786. The molecule has 0 aromatic heterocycles. The first kappa shape index (κ1) is 12.2. The van der Waals surface area contributed by atoms with E-state index in [1.807, 2.05) is 6.07 Å². The summed E-state index contributed by atoms with van der Waals surface area (Å²) in [5.41, 5.74) is 1.05. The van der Waals surface area contributed by atoms with Crippen LogP contribution in [-0.4, -0.2) is 12.6 Å². The summed E-state index contributed by atoms with van der Waals surface area (Å²) >= 11 is 0. The third-order valence-electron chi connectivity index (χ3n) is 2.77. The normalized spacial score (nSPS) is 13.1. The minimum absolute atomic E-state index is 0.149. The monoisotopic (exact) mass is 209 g/mol. The first-order chi connectivity index (χ1) is 7.09. The molecule has 0 heterocycles. The van der Waals surface area contributed by atoms with E-state index in [0.717, 1.165) is 18.5 Å². The van der Waals surface area contributed by atoms with Crippen molar-refractivity contribution in [2.24, 2.45) is 5.92 Å². The van der Waals surface area contributed by atoms with Gasteiger partial charge >= 0.3 is 0 Å². The minimum Gasteiger partial charge on any atom is -0.314 e. The fourth-order valence-electron chi connectivity index (χ4n) is 1.37. The lowest BCUT2D eigenvalue weighted by Crippen LogP contribution is -2.32. The lowest BCUT2D eigenvalue weighted by atomic mass is 10.1. The van der Waals surface area contributed by atoms with Crippen molar-refractivity contribution in [3.05, 3.63) is 35.6 Å². The second-order valence-electron chi connectivity index (χ2n) is 4.37. The van der Waals surface area contributed by atoms with Crippen LogP contribution in [0.25, 0.3) is 0 Å². The summed E-state index contributed by atoms with van der Waals surface area (Å²) in [6.45, 7) is 7.47. The molecular weight excluding hydrogens is 189 g/mol. The van der Waals surface area contributed by atoms with Gasteiger partial charge in [-0.3, -0.25) is 0 Å². The standard InChI is InChI=1S/C13H20FN/c1-10(2)11(3)15-8-7-12-5-4-6-13(14)9-12/h4-6,9-11,15H,7-8H2,1-3H3/t11-/m1/s1. The van der Waals surface area contributed by atoms with Crippen LogP contribution in [0.15, 0.2) is 24.3 Å². The third kappa shape index (κ3) is 4.43. The fourth-order valence-corrected chi connectivity index (χ4v) is 1.37. The summed E-state index contributed by atoms with van der Waals surface area (Å²) in [7, 11) is 0. The second kappa shape index (κ2) is 5.86. The molecule has 0 saturated heterocycles. The molecule has 0 aliphatic heterocycles. The molecule has 1 atom stereocenters. The minimum atomic E-state index is -0.149. The summed E-state index contributed by atoms with van der Waals surface area (Å²) in [4.78, 5) is 0. The van der Waals surface area contributed by atoms with Gasteiger partial charge < -0.3 is 5.32 Å². The van der Waals surface area contributed by atoms with E-state index in [1.54, 1.807) is 12.1 Å². The number of benzene rings is 1. The maximum Gasteiger partial charge on any atom is 0.123 e. The highest BCUT2D eigenvalue weighted by Gasteiger charge is 2.05. The molecule has 0 bridgehead atoms. The molecule has 0 spiro atoms. The molecule has 0 saturated carbocycles. The van der Waals surface area contributed by atoms with Crippen molar-refractivity contribution in [2.75, 3.05) is 6.54 Å². The van der Waals surface area contributed by atoms with Crippen LogP contribution in [0.5, 0.6) is 0 Å². The van der Waals surface area contributed by atoms with Crippen LogP contribution in [0.3, 0.4) is 0 Å². The number of hydrogen-bond acceptors (Lipinski definition) is 1. The summed E-state index contributed by atoms with van der Waals surface area (Å²) in [6.07, 6.45) is 0.884. The van der Waals surface area contributed by atoms with E-state index >= 15 is 0 Å². The summed E-state index contributed by atoms with van der Waals surface area (Å²) < 4.78 is 12.9. The summed E-state index contributed by atoms with van der Waals surface area (Å²) in [5.74, 6) is 0.488. The van der Waals surface area contributed by atoms with E-state index in [2.05, 4.69) is 26.1 Å². The molecule has 0 amide bonds. The SMILES string of the molecule is CC(C)[C@@H](C)NCCc1cccc(F)c1. The molecule has 2 heteroatoms. The Bertz CT molecular complexity index is 296. The molecule has 0 unspecified atom stereocenters. The average molecular weight is 209 g/mol. The Balaban J connectivity index is 2.32. The van der Waals surface area contributed by atoms with Gasteiger partial charge in [0.1, 0.15) is 5.82 Å². The van der Waals surface area contributed by atoms with Crippen LogP contribution < -0.4 is 5.32 Å². The number of rotatable bonds is 5. The average Bonchev–Trinajstić information content (AvgIpc) is 2.17. The zero-order valence-electron chi connectivity index (χ0n) is 9.76. The predicted molar refractivity (Wildman–Crippen MR) is 62.4 cm³/mol. The van der Waals surface area contributed by atoms with Crippen LogP contribution >= 0.6 is 0 Å². The zero-order chi connectivity index (χ0) is 11.3. The van der Waals surface area contributed by atoms with Crippen molar-refractivity contribution in [2.45, 2.75) is 33.2 Å². The molecule has 0 aliphatic rings. The summed E-state index contributed by atoms with van der Waals surface area (Å²) in [5, 5.41) is 3.43. The van der Waals surface area contributed by atoms with Gasteiger partial charge in [0.15, 0.2) is 0 Å². The topological polar surface area (TPSA) is 12.0 Å². The first-order valence-corrected chi connectivity index (χ1v) is 5.57. The van der Waals surface area contributed by atoms with Gasteiger partial charge in [-0.1, -0.05) is 26.0 Å². The molecule has 0 aliphatic carbocycles. The van der Waals surface area contributed by atoms with Gasteiger partial charge in [-0.05, 0) is 43.5 Å². The lowest BCUT2D eigenvalue weighted by molar-refractivity contribution is 0.430. The van der Waals surface area contributed by atoms with Crippen LogP contribution in [0.4, 0.5) is 4.39 Å². The van der Waals surface area contributed by atoms with Crippen LogP contribution in [0, 0.1) is 11.7 Å². The maximum absolute atomic E-state index is 12.9. The molecule has 1 nitrogen and oxygen atoms in total. The second-order valence-corrected chi connectivity index (χ2v) is 4.37. The van der Waals surface area contributed by atoms with Gasteiger partial charge in [0.25, 0.3) is 0 Å². The van der Waals surface area contributed by atoms with Crippen molar-refractivity contribution in [1.29, 1.82) is 0 Å². The Morgan fingerprint density at radius 3 is 2.60 bits per heavy atom. The Labute approximate surface area is 91.7 Å². The fraction of sp³-hybridized carbons (Fsp3) is 0.538. The molecule has 1 rings (SSSR count). The van der Waals surface area contributed by atoms with E-state index in [4.69, 9.17) is 0 Å². The number of hydrogen-bond donors (Lipinski definition) is 1. The van der Waals surface area contributed by atoms with Crippen molar-refractivity contribution in [3.63, 3.8) is 0 Å². The van der Waals surface area contributed by atoms with E-state index in [9.17, 15) is 4.39 Å². The van der Waals surface area contributed by atoms with Gasteiger partial charge in [-0.25, -0.2) is 4.39 Å². The van der Waals surface area contributed by atoms with Gasteiger partial charge in [-0.2, -0.15) is 0 Å². The molecule has 0 fully saturated rings. The zero-order valence-corrected chi connectivity index (χ0v) is 9.76. The van der Waals surface area contributed by atoms with Crippen LogP contribution in [-0.2, 0) is 6.42 Å². The molecule has 15 heavy (non-hydrogen) atoms. The van der Waals surface area contributed by atoms with Crippen LogP contribution in [0.2, 0.25) is 0 Å². The Hall–Kier alpha value is -0.890.